The number of hydrogen-bond donors (Lipinski definition) is 0. The molecule has 3 aliphatic rings. The van der Waals surface area contributed by atoms with Crippen LogP contribution in [0.5, 0.6) is 11.5 Å². The van der Waals surface area contributed by atoms with Crippen LogP contribution in [0.1, 0.15) is 41.9 Å². The molecule has 6 rings (SSSR count). The van der Waals surface area contributed by atoms with Crippen LogP contribution in [0.25, 0.3) is 0 Å². The van der Waals surface area contributed by atoms with Gasteiger partial charge in [-0.2, -0.15) is 0 Å². The van der Waals surface area contributed by atoms with Crippen molar-refractivity contribution in [3.05, 3.63) is 89.5 Å². The molecule has 9 heteroatoms. The number of amides is 1. The summed E-state index contributed by atoms with van der Waals surface area (Å²) in [5.41, 5.74) is 4.30. The lowest BCUT2D eigenvalue weighted by Crippen LogP contribution is -2.47. The number of anilines is 1. The van der Waals surface area contributed by atoms with Gasteiger partial charge in [0.05, 0.1) is 44.7 Å². The van der Waals surface area contributed by atoms with Gasteiger partial charge < -0.3 is 38.2 Å². The maximum atomic E-state index is 13.1. The fraction of sp³-hybridized carbons (Fsp3) is 0.472. The molecule has 0 aliphatic carbocycles. The van der Waals surface area contributed by atoms with E-state index in [-0.39, 0.29) is 30.8 Å². The van der Waals surface area contributed by atoms with E-state index >= 15 is 0 Å². The Balaban J connectivity index is 1.14. The van der Waals surface area contributed by atoms with Crippen molar-refractivity contribution in [2.45, 2.75) is 50.6 Å². The second-order valence-corrected chi connectivity index (χ2v) is 11.9. The molecular formula is C36H44N2O7. The third-order valence-electron chi connectivity index (χ3n) is 8.74. The second-order valence-electron chi connectivity index (χ2n) is 11.9. The predicted octanol–water partition coefficient (Wildman–Crippen LogP) is 5.80. The Hall–Kier alpha value is -3.79. The van der Waals surface area contributed by atoms with Crippen LogP contribution in [0.4, 0.5) is 10.5 Å². The zero-order valence-corrected chi connectivity index (χ0v) is 26.1. The summed E-state index contributed by atoms with van der Waals surface area (Å²) in [7, 11) is 1.74. The molecule has 3 unspecified atom stereocenters. The quantitative estimate of drug-likeness (QED) is 0.236. The van der Waals surface area contributed by atoms with Crippen LogP contribution in [-0.4, -0.2) is 82.9 Å². The molecule has 0 spiro atoms. The lowest BCUT2D eigenvalue weighted by molar-refractivity contribution is -0.0246. The summed E-state index contributed by atoms with van der Waals surface area (Å²) in [5, 5.41) is 0. The summed E-state index contributed by atoms with van der Waals surface area (Å²) in [6, 6.07) is 24.4. The first kappa shape index (κ1) is 31.2. The number of piperidine rings is 1. The molecule has 3 aliphatic heterocycles. The number of nitrogens with zero attached hydrogens (tertiary/aromatic N) is 2. The van der Waals surface area contributed by atoms with Crippen LogP contribution < -0.4 is 14.4 Å². The summed E-state index contributed by atoms with van der Waals surface area (Å²) in [6.07, 6.45) is 2.22. The molecule has 45 heavy (non-hydrogen) atoms. The van der Waals surface area contributed by atoms with Gasteiger partial charge in [0.1, 0.15) is 30.8 Å². The molecule has 2 fully saturated rings. The molecule has 3 atom stereocenters. The van der Waals surface area contributed by atoms with E-state index in [2.05, 4.69) is 29.2 Å². The minimum atomic E-state index is -0.314. The van der Waals surface area contributed by atoms with Gasteiger partial charge in [-0.15, -0.1) is 0 Å². The van der Waals surface area contributed by atoms with Gasteiger partial charge in [-0.3, -0.25) is 0 Å². The molecule has 3 aromatic carbocycles. The third-order valence-corrected chi connectivity index (χ3v) is 8.74. The van der Waals surface area contributed by atoms with Gasteiger partial charge in [0.2, 0.25) is 0 Å². The maximum Gasteiger partial charge on any atom is 0.410 e. The van der Waals surface area contributed by atoms with Crippen LogP contribution in [0.2, 0.25) is 0 Å². The average molecular weight is 617 g/mol. The molecule has 2 saturated heterocycles. The molecule has 1 amide bonds. The normalized spacial score (nSPS) is 21.2. The number of ether oxygens (including phenoxy) is 6. The van der Waals surface area contributed by atoms with Crippen molar-refractivity contribution in [1.29, 1.82) is 0 Å². The number of likely N-dealkylation sites (tertiary alicyclic amines) is 1. The Morgan fingerprint density at radius 3 is 2.60 bits per heavy atom. The first-order chi connectivity index (χ1) is 22.2. The number of rotatable bonds is 12. The fourth-order valence-electron chi connectivity index (χ4n) is 6.28. The van der Waals surface area contributed by atoms with Gasteiger partial charge in [-0.25, -0.2) is 4.79 Å². The first-order valence-corrected chi connectivity index (χ1v) is 16.1. The average Bonchev–Trinajstić information content (AvgIpc) is 3.60. The number of fused-ring (bicyclic) bond motifs is 1. The molecule has 3 aromatic rings. The van der Waals surface area contributed by atoms with Crippen molar-refractivity contribution in [1.82, 2.24) is 4.90 Å². The molecule has 9 nitrogen and oxygen atoms in total. The van der Waals surface area contributed by atoms with Crippen LogP contribution in [0.15, 0.2) is 72.8 Å². The highest BCUT2D eigenvalue weighted by Crippen LogP contribution is 2.35. The first-order valence-electron chi connectivity index (χ1n) is 16.1. The summed E-state index contributed by atoms with van der Waals surface area (Å²) in [4.78, 5) is 17.3. The largest absolute Gasteiger partial charge is 0.490 e. The van der Waals surface area contributed by atoms with Crippen molar-refractivity contribution in [3.63, 3.8) is 0 Å². The van der Waals surface area contributed by atoms with E-state index in [4.69, 9.17) is 28.4 Å². The van der Waals surface area contributed by atoms with Crippen molar-refractivity contribution < 1.29 is 33.2 Å². The molecule has 0 saturated carbocycles. The van der Waals surface area contributed by atoms with Crippen LogP contribution in [0, 0.1) is 0 Å². The molecule has 3 heterocycles. The summed E-state index contributed by atoms with van der Waals surface area (Å²) in [5.74, 6) is 1.87. The van der Waals surface area contributed by atoms with Gasteiger partial charge in [0, 0.05) is 39.1 Å². The highest BCUT2D eigenvalue weighted by molar-refractivity contribution is 5.68. The Morgan fingerprint density at radius 2 is 1.80 bits per heavy atom. The minimum absolute atomic E-state index is 0.106. The Kier molecular flexibility index (Phi) is 10.7. The van der Waals surface area contributed by atoms with Crippen LogP contribution in [0.3, 0.4) is 0 Å². The fourth-order valence-corrected chi connectivity index (χ4v) is 6.28. The lowest BCUT2D eigenvalue weighted by atomic mass is 9.87. The van der Waals surface area contributed by atoms with Crippen molar-refractivity contribution in [3.8, 4) is 11.5 Å². The molecular weight excluding hydrogens is 572 g/mol. The third kappa shape index (κ3) is 8.28. The van der Waals surface area contributed by atoms with Crippen molar-refractivity contribution in [2.75, 3.05) is 64.6 Å². The van der Waals surface area contributed by atoms with Gasteiger partial charge in [0.25, 0.3) is 0 Å². The number of carbonyl (C=O) groups excluding carboxylic acids is 1. The van der Waals surface area contributed by atoms with E-state index in [0.717, 1.165) is 73.9 Å². The van der Waals surface area contributed by atoms with Gasteiger partial charge in [-0.05, 0) is 53.8 Å². The summed E-state index contributed by atoms with van der Waals surface area (Å²) < 4.78 is 35.1. The smallest absolute Gasteiger partial charge is 0.410 e. The van der Waals surface area contributed by atoms with E-state index in [9.17, 15) is 4.79 Å². The van der Waals surface area contributed by atoms with E-state index in [0.29, 0.717) is 32.9 Å². The molecule has 0 radical (unpaired) electrons. The molecule has 240 valence electrons. The van der Waals surface area contributed by atoms with Crippen LogP contribution in [-0.2, 0) is 32.2 Å². The van der Waals surface area contributed by atoms with Crippen molar-refractivity contribution in [2.24, 2.45) is 0 Å². The highest BCUT2D eigenvalue weighted by Gasteiger charge is 2.34. The monoisotopic (exact) mass is 616 g/mol. The Morgan fingerprint density at radius 1 is 0.933 bits per heavy atom. The maximum absolute atomic E-state index is 13.1. The standard InChI is InChI=1S/C36H44N2O7/c1-40-19-5-16-37-18-21-42-34-13-8-28(22-33(34)37)25-43-35-23-38(36(39)44-24-27-6-3-2-4-7-27)17-14-32(35)29-9-11-30(12-10-29)45-31-15-20-41-26-31/h2-4,6-13,22,31-32,35H,5,14-21,23-26H2,1H3. The predicted molar refractivity (Wildman–Crippen MR) is 171 cm³/mol. The van der Waals surface area contributed by atoms with Gasteiger partial charge in [-0.1, -0.05) is 48.5 Å². The molecule has 0 N–H and O–H groups in total. The molecule has 0 bridgehead atoms. The number of carbonyl (C=O) groups is 1. The topological polar surface area (TPSA) is 78.9 Å². The Labute approximate surface area is 265 Å². The van der Waals surface area contributed by atoms with E-state index in [1.807, 2.05) is 48.5 Å². The summed E-state index contributed by atoms with van der Waals surface area (Å²) >= 11 is 0. The Bertz CT molecular complexity index is 1360. The van der Waals surface area contributed by atoms with Crippen LogP contribution >= 0.6 is 0 Å². The number of benzene rings is 3. The lowest BCUT2D eigenvalue weighted by Gasteiger charge is -2.38. The number of hydrogen-bond acceptors (Lipinski definition) is 8. The van der Waals surface area contributed by atoms with Gasteiger partial charge in [0.15, 0.2) is 0 Å². The minimum Gasteiger partial charge on any atom is -0.490 e. The highest BCUT2D eigenvalue weighted by atomic mass is 16.6. The summed E-state index contributed by atoms with van der Waals surface area (Å²) in [6.45, 7) is 6.26. The molecule has 0 aromatic heterocycles. The van der Waals surface area contributed by atoms with E-state index in [1.165, 1.54) is 5.56 Å². The SMILES string of the molecule is COCCCN1CCOc2ccc(COC3CN(C(=O)OCc4ccccc4)CCC3c3ccc(OC4CCOC4)cc3)cc21. The number of methoxy groups -OCH3 is 1. The van der Waals surface area contributed by atoms with E-state index in [1.54, 1.807) is 12.0 Å². The van der Waals surface area contributed by atoms with Gasteiger partial charge >= 0.3 is 6.09 Å². The second kappa shape index (κ2) is 15.5. The zero-order valence-electron chi connectivity index (χ0n) is 26.1. The van der Waals surface area contributed by atoms with Crippen molar-refractivity contribution >= 4 is 11.8 Å². The zero-order chi connectivity index (χ0) is 30.8. The van der Waals surface area contributed by atoms with E-state index < -0.39 is 0 Å².